The molecule has 1 saturated heterocycles. The Morgan fingerprint density at radius 3 is 2.44 bits per heavy atom. The number of nitrogens with one attached hydrogen (secondary N) is 2. The standard InChI is InChI=1S/C19H25N5O2.HI/c1-20-19(21-14-17-8-5-13-26-17)22-15-18(25)24-11-9-23(10-12-24)16-6-3-2-4-7-16;/h2-8,13H,9-12,14-15H2,1H3,(H2,20,21,22);1H. The van der Waals surface area contributed by atoms with E-state index in [1.54, 1.807) is 13.3 Å². The lowest BCUT2D eigenvalue weighted by Gasteiger charge is -2.36. The van der Waals surface area contributed by atoms with E-state index in [1.807, 2.05) is 35.2 Å². The monoisotopic (exact) mass is 483 g/mol. The molecule has 7 nitrogen and oxygen atoms in total. The van der Waals surface area contributed by atoms with Crippen molar-refractivity contribution in [2.45, 2.75) is 6.54 Å². The average molecular weight is 483 g/mol. The summed E-state index contributed by atoms with van der Waals surface area (Å²) in [5.74, 6) is 1.48. The van der Waals surface area contributed by atoms with Crippen molar-refractivity contribution in [3.05, 3.63) is 54.5 Å². The molecule has 1 aliphatic rings. The number of carbonyl (C=O) groups is 1. The first kappa shape index (κ1) is 21.1. The fraction of sp³-hybridized carbons (Fsp3) is 0.368. The number of anilines is 1. The first-order chi connectivity index (χ1) is 12.8. The Balaban J connectivity index is 0.00000261. The van der Waals surface area contributed by atoms with E-state index in [2.05, 4.69) is 32.7 Å². The number of piperazine rings is 1. The van der Waals surface area contributed by atoms with Crippen molar-refractivity contribution in [3.8, 4) is 0 Å². The topological polar surface area (TPSA) is 73.1 Å². The molecule has 0 saturated carbocycles. The van der Waals surface area contributed by atoms with Crippen molar-refractivity contribution in [1.29, 1.82) is 0 Å². The van der Waals surface area contributed by atoms with Crippen LogP contribution in [0.25, 0.3) is 0 Å². The van der Waals surface area contributed by atoms with E-state index in [0.29, 0.717) is 12.5 Å². The van der Waals surface area contributed by atoms with Crippen LogP contribution < -0.4 is 15.5 Å². The molecule has 0 bridgehead atoms. The second kappa shape index (κ2) is 10.8. The molecule has 27 heavy (non-hydrogen) atoms. The molecule has 2 N–H and O–H groups in total. The molecule has 146 valence electrons. The summed E-state index contributed by atoms with van der Waals surface area (Å²) in [4.78, 5) is 20.8. The van der Waals surface area contributed by atoms with Gasteiger partial charge in [0, 0.05) is 38.9 Å². The molecule has 1 aliphatic heterocycles. The average Bonchev–Trinajstić information content (AvgIpc) is 3.22. The third-order valence-corrected chi connectivity index (χ3v) is 4.39. The summed E-state index contributed by atoms with van der Waals surface area (Å²) in [5, 5.41) is 6.19. The number of carbonyl (C=O) groups excluding carboxylic acids is 1. The maximum Gasteiger partial charge on any atom is 0.242 e. The third-order valence-electron chi connectivity index (χ3n) is 4.39. The normalized spacial score (nSPS) is 14.5. The lowest BCUT2D eigenvalue weighted by Crippen LogP contribution is -2.52. The number of hydrogen-bond acceptors (Lipinski definition) is 4. The Labute approximate surface area is 176 Å². The van der Waals surface area contributed by atoms with E-state index >= 15 is 0 Å². The highest BCUT2D eigenvalue weighted by atomic mass is 127. The van der Waals surface area contributed by atoms with Crippen molar-refractivity contribution in [1.82, 2.24) is 15.5 Å². The molecule has 2 heterocycles. The van der Waals surface area contributed by atoms with Crippen LogP contribution in [0.4, 0.5) is 5.69 Å². The van der Waals surface area contributed by atoms with Crippen molar-refractivity contribution in [2.24, 2.45) is 4.99 Å². The van der Waals surface area contributed by atoms with Crippen LogP contribution in [0.3, 0.4) is 0 Å². The third kappa shape index (κ3) is 6.16. The number of halogens is 1. The lowest BCUT2D eigenvalue weighted by atomic mass is 10.2. The molecule has 0 radical (unpaired) electrons. The Morgan fingerprint density at radius 2 is 1.81 bits per heavy atom. The summed E-state index contributed by atoms with van der Waals surface area (Å²) >= 11 is 0. The van der Waals surface area contributed by atoms with Crippen molar-refractivity contribution >= 4 is 41.5 Å². The molecule has 1 aromatic heterocycles. The highest BCUT2D eigenvalue weighted by Gasteiger charge is 2.21. The van der Waals surface area contributed by atoms with Crippen molar-refractivity contribution in [2.75, 3.05) is 44.7 Å². The molecule has 0 aliphatic carbocycles. The minimum Gasteiger partial charge on any atom is -0.467 e. The van der Waals surface area contributed by atoms with E-state index < -0.39 is 0 Å². The summed E-state index contributed by atoms with van der Waals surface area (Å²) < 4.78 is 5.27. The van der Waals surface area contributed by atoms with Crippen LogP contribution in [-0.2, 0) is 11.3 Å². The summed E-state index contributed by atoms with van der Waals surface area (Å²) in [6, 6.07) is 14.0. The quantitative estimate of drug-likeness (QED) is 0.386. The van der Waals surface area contributed by atoms with Gasteiger partial charge in [-0.05, 0) is 24.3 Å². The van der Waals surface area contributed by atoms with Gasteiger partial charge in [0.15, 0.2) is 5.96 Å². The second-order valence-corrected chi connectivity index (χ2v) is 6.06. The van der Waals surface area contributed by atoms with Gasteiger partial charge in [0.25, 0.3) is 0 Å². The number of guanidine groups is 1. The molecular weight excluding hydrogens is 457 g/mol. The second-order valence-electron chi connectivity index (χ2n) is 6.06. The van der Waals surface area contributed by atoms with Crippen LogP contribution in [0.1, 0.15) is 5.76 Å². The number of amides is 1. The van der Waals surface area contributed by atoms with Crippen molar-refractivity contribution < 1.29 is 9.21 Å². The fourth-order valence-electron chi connectivity index (χ4n) is 2.93. The molecular formula is C19H26IN5O2. The van der Waals surface area contributed by atoms with Crippen LogP contribution >= 0.6 is 24.0 Å². The van der Waals surface area contributed by atoms with Gasteiger partial charge < -0.3 is 24.9 Å². The number of furan rings is 1. The zero-order chi connectivity index (χ0) is 18.2. The van der Waals surface area contributed by atoms with Crippen LogP contribution in [0.2, 0.25) is 0 Å². The summed E-state index contributed by atoms with van der Waals surface area (Å²) in [7, 11) is 1.68. The Bertz CT molecular complexity index is 713. The van der Waals surface area contributed by atoms with Gasteiger partial charge in [-0.25, -0.2) is 0 Å². The Morgan fingerprint density at radius 1 is 1.07 bits per heavy atom. The number of para-hydroxylation sites is 1. The highest BCUT2D eigenvalue weighted by molar-refractivity contribution is 14.0. The number of benzene rings is 1. The largest absolute Gasteiger partial charge is 0.467 e. The molecule has 0 unspecified atom stereocenters. The summed E-state index contributed by atoms with van der Waals surface area (Å²) in [6.45, 7) is 3.91. The zero-order valence-electron chi connectivity index (χ0n) is 15.4. The smallest absolute Gasteiger partial charge is 0.242 e. The van der Waals surface area contributed by atoms with E-state index in [4.69, 9.17) is 4.42 Å². The number of nitrogens with zero attached hydrogens (tertiary/aromatic N) is 3. The van der Waals surface area contributed by atoms with Gasteiger partial charge in [0.1, 0.15) is 5.76 Å². The SMILES string of the molecule is CN=C(NCC(=O)N1CCN(c2ccccc2)CC1)NCc1ccco1.I. The van der Waals surface area contributed by atoms with Gasteiger partial charge in [-0.2, -0.15) is 0 Å². The highest BCUT2D eigenvalue weighted by Crippen LogP contribution is 2.15. The Kier molecular flexibility index (Phi) is 8.43. The lowest BCUT2D eigenvalue weighted by molar-refractivity contribution is -0.130. The molecule has 0 atom stereocenters. The molecule has 3 rings (SSSR count). The van der Waals surface area contributed by atoms with E-state index in [1.165, 1.54) is 5.69 Å². The zero-order valence-corrected chi connectivity index (χ0v) is 17.8. The molecule has 2 aromatic rings. The van der Waals surface area contributed by atoms with E-state index in [0.717, 1.165) is 31.9 Å². The maximum absolute atomic E-state index is 12.4. The van der Waals surface area contributed by atoms with Crippen LogP contribution in [0, 0.1) is 0 Å². The minimum atomic E-state index is 0. The molecule has 1 fully saturated rings. The molecule has 8 heteroatoms. The Hall–Kier alpha value is -2.23. The van der Waals surface area contributed by atoms with Gasteiger partial charge in [-0.1, -0.05) is 18.2 Å². The van der Waals surface area contributed by atoms with Gasteiger partial charge in [0.05, 0.1) is 19.4 Å². The van der Waals surface area contributed by atoms with Crippen LogP contribution in [-0.4, -0.2) is 56.5 Å². The van der Waals surface area contributed by atoms with Crippen molar-refractivity contribution in [3.63, 3.8) is 0 Å². The fourth-order valence-corrected chi connectivity index (χ4v) is 2.93. The molecule has 1 aromatic carbocycles. The van der Waals surface area contributed by atoms with Gasteiger partial charge in [-0.3, -0.25) is 9.79 Å². The van der Waals surface area contributed by atoms with E-state index in [-0.39, 0.29) is 36.4 Å². The van der Waals surface area contributed by atoms with Gasteiger partial charge in [-0.15, -0.1) is 24.0 Å². The first-order valence-corrected chi connectivity index (χ1v) is 8.81. The van der Waals surface area contributed by atoms with Gasteiger partial charge >= 0.3 is 0 Å². The minimum absolute atomic E-state index is 0. The summed E-state index contributed by atoms with van der Waals surface area (Å²) in [6.07, 6.45) is 1.63. The van der Waals surface area contributed by atoms with E-state index in [9.17, 15) is 4.79 Å². The predicted octanol–water partition coefficient (Wildman–Crippen LogP) is 1.91. The molecule has 1 amide bonds. The molecule has 0 spiro atoms. The first-order valence-electron chi connectivity index (χ1n) is 8.81. The van der Waals surface area contributed by atoms with Crippen LogP contribution in [0.5, 0.6) is 0 Å². The maximum atomic E-state index is 12.4. The summed E-state index contributed by atoms with van der Waals surface area (Å²) in [5.41, 5.74) is 1.21. The van der Waals surface area contributed by atoms with Crippen LogP contribution in [0.15, 0.2) is 58.1 Å². The number of rotatable bonds is 5. The number of hydrogen-bond donors (Lipinski definition) is 2. The van der Waals surface area contributed by atoms with Gasteiger partial charge in [0.2, 0.25) is 5.91 Å². The predicted molar refractivity (Wildman–Crippen MR) is 118 cm³/mol. The number of aliphatic imine (C=N–C) groups is 1.